The highest BCUT2D eigenvalue weighted by Gasteiger charge is 2.29. The summed E-state index contributed by atoms with van der Waals surface area (Å²) in [5, 5.41) is 3.65. The maximum atomic E-state index is 12.1. The van der Waals surface area contributed by atoms with Crippen molar-refractivity contribution >= 4 is 17.5 Å². The summed E-state index contributed by atoms with van der Waals surface area (Å²) >= 11 is 5.87. The predicted octanol–water partition coefficient (Wildman–Crippen LogP) is 3.77. The Labute approximate surface area is 172 Å². The Morgan fingerprint density at radius 2 is 1.79 bits per heavy atom. The summed E-state index contributed by atoms with van der Waals surface area (Å²) in [5.74, 6) is -0.0265. The molecule has 1 amide bonds. The number of hydrogen-bond acceptors (Lipinski definition) is 3. The zero-order chi connectivity index (χ0) is 19.3. The Morgan fingerprint density at radius 3 is 2.57 bits per heavy atom. The van der Waals surface area contributed by atoms with Gasteiger partial charge in [0.15, 0.2) is 0 Å². The number of nitrogens with one attached hydrogen (secondary N) is 1. The van der Waals surface area contributed by atoms with Crippen molar-refractivity contribution in [3.63, 3.8) is 0 Å². The van der Waals surface area contributed by atoms with Crippen LogP contribution in [-0.2, 0) is 6.42 Å². The Morgan fingerprint density at radius 1 is 1.04 bits per heavy atom. The van der Waals surface area contributed by atoms with E-state index in [9.17, 15) is 4.79 Å². The third-order valence-corrected chi connectivity index (χ3v) is 6.24. The molecule has 1 fully saturated rings. The highest BCUT2D eigenvalue weighted by atomic mass is 35.5. The molecule has 1 heterocycles. The van der Waals surface area contributed by atoms with Gasteiger partial charge in [0.05, 0.1) is 0 Å². The van der Waals surface area contributed by atoms with Crippen LogP contribution in [0.15, 0.2) is 48.5 Å². The first-order valence-corrected chi connectivity index (χ1v) is 10.7. The maximum absolute atomic E-state index is 12.1. The van der Waals surface area contributed by atoms with Gasteiger partial charge >= 0.3 is 0 Å². The summed E-state index contributed by atoms with van der Waals surface area (Å²) < 4.78 is 0. The second kappa shape index (κ2) is 9.08. The topological polar surface area (TPSA) is 35.6 Å². The number of piperazine rings is 1. The van der Waals surface area contributed by atoms with E-state index in [1.54, 1.807) is 29.8 Å². The molecule has 5 heteroatoms. The van der Waals surface area contributed by atoms with Crippen molar-refractivity contribution in [2.45, 2.75) is 25.3 Å². The maximum Gasteiger partial charge on any atom is 0.251 e. The number of carbonyl (C=O) groups excluding carboxylic acids is 1. The molecular formula is C23H28ClN3O. The van der Waals surface area contributed by atoms with Crippen LogP contribution in [0.4, 0.5) is 0 Å². The summed E-state index contributed by atoms with van der Waals surface area (Å²) in [4.78, 5) is 17.3. The van der Waals surface area contributed by atoms with E-state index in [-0.39, 0.29) is 5.91 Å². The zero-order valence-corrected chi connectivity index (χ0v) is 17.0. The van der Waals surface area contributed by atoms with Crippen LogP contribution in [0.25, 0.3) is 0 Å². The number of nitrogens with zero attached hydrogens (tertiary/aromatic N) is 2. The summed E-state index contributed by atoms with van der Waals surface area (Å²) in [5.41, 5.74) is 3.74. The van der Waals surface area contributed by atoms with Crippen molar-refractivity contribution in [3.8, 4) is 0 Å². The minimum atomic E-state index is -0.0265. The molecule has 1 saturated heterocycles. The first-order chi connectivity index (χ1) is 13.7. The van der Waals surface area contributed by atoms with Gasteiger partial charge in [-0.15, -0.1) is 0 Å². The first kappa shape index (κ1) is 19.4. The van der Waals surface area contributed by atoms with Gasteiger partial charge in [-0.25, -0.2) is 0 Å². The van der Waals surface area contributed by atoms with E-state index in [4.69, 9.17) is 11.6 Å². The average Bonchev–Trinajstić information content (AvgIpc) is 3.16. The molecule has 148 valence electrons. The fourth-order valence-electron chi connectivity index (χ4n) is 4.42. The van der Waals surface area contributed by atoms with E-state index < -0.39 is 0 Å². The minimum absolute atomic E-state index is 0.0265. The third kappa shape index (κ3) is 4.57. The van der Waals surface area contributed by atoms with Gasteiger partial charge in [0, 0.05) is 49.4 Å². The molecule has 0 bridgehead atoms. The number of benzene rings is 2. The van der Waals surface area contributed by atoms with Crippen molar-refractivity contribution in [1.82, 2.24) is 15.1 Å². The van der Waals surface area contributed by atoms with E-state index in [2.05, 4.69) is 39.4 Å². The number of carbonyl (C=O) groups is 1. The molecular weight excluding hydrogens is 370 g/mol. The Hall–Kier alpha value is -1.88. The van der Waals surface area contributed by atoms with Gasteiger partial charge in [0.25, 0.3) is 5.91 Å². The van der Waals surface area contributed by atoms with Crippen LogP contribution >= 0.6 is 11.6 Å². The molecule has 4 nitrogen and oxygen atoms in total. The SMILES string of the molecule is O=C(NCCCN1CCN(C2CCc3ccccc32)CC1)c1ccc(Cl)cc1. The largest absolute Gasteiger partial charge is 0.352 e. The highest BCUT2D eigenvalue weighted by molar-refractivity contribution is 6.30. The normalized spacial score (nSPS) is 20.1. The lowest BCUT2D eigenvalue weighted by Gasteiger charge is -2.38. The van der Waals surface area contributed by atoms with Crippen molar-refractivity contribution in [1.29, 1.82) is 0 Å². The lowest BCUT2D eigenvalue weighted by molar-refractivity contribution is 0.0914. The molecule has 1 atom stereocenters. The van der Waals surface area contributed by atoms with Gasteiger partial charge in [0.2, 0.25) is 0 Å². The molecule has 0 spiro atoms. The average molecular weight is 398 g/mol. The van der Waals surface area contributed by atoms with Gasteiger partial charge in [0.1, 0.15) is 0 Å². The van der Waals surface area contributed by atoms with Gasteiger partial charge in [-0.1, -0.05) is 35.9 Å². The Kier molecular flexibility index (Phi) is 6.30. The van der Waals surface area contributed by atoms with Gasteiger partial charge in [-0.2, -0.15) is 0 Å². The third-order valence-electron chi connectivity index (χ3n) is 5.99. The van der Waals surface area contributed by atoms with E-state index in [0.717, 1.165) is 39.1 Å². The quantitative estimate of drug-likeness (QED) is 0.754. The molecule has 0 saturated carbocycles. The van der Waals surface area contributed by atoms with E-state index in [1.165, 1.54) is 18.4 Å². The lowest BCUT2D eigenvalue weighted by atomic mass is 10.1. The summed E-state index contributed by atoms with van der Waals surface area (Å²) in [6.45, 7) is 6.24. The minimum Gasteiger partial charge on any atom is -0.352 e. The number of halogens is 1. The fourth-order valence-corrected chi connectivity index (χ4v) is 4.55. The van der Waals surface area contributed by atoms with Crippen LogP contribution in [0.5, 0.6) is 0 Å². The van der Waals surface area contributed by atoms with Gasteiger partial charge in [-0.3, -0.25) is 9.69 Å². The number of rotatable bonds is 6. The van der Waals surface area contributed by atoms with Gasteiger partial charge in [-0.05, 0) is 61.2 Å². The highest BCUT2D eigenvalue weighted by Crippen LogP contribution is 2.35. The molecule has 28 heavy (non-hydrogen) atoms. The summed E-state index contributed by atoms with van der Waals surface area (Å²) in [6, 6.07) is 16.5. The second-order valence-corrected chi connectivity index (χ2v) is 8.18. The fraction of sp³-hybridized carbons (Fsp3) is 0.435. The van der Waals surface area contributed by atoms with Crippen LogP contribution < -0.4 is 5.32 Å². The van der Waals surface area contributed by atoms with Crippen LogP contribution in [0.2, 0.25) is 5.02 Å². The number of hydrogen-bond donors (Lipinski definition) is 1. The number of aryl methyl sites for hydroxylation is 1. The van der Waals surface area contributed by atoms with Crippen LogP contribution in [0.3, 0.4) is 0 Å². The van der Waals surface area contributed by atoms with Crippen molar-refractivity contribution in [3.05, 3.63) is 70.2 Å². The monoisotopic (exact) mass is 397 g/mol. The molecule has 1 N–H and O–H groups in total. The lowest BCUT2D eigenvalue weighted by Crippen LogP contribution is -2.47. The van der Waals surface area contributed by atoms with Crippen LogP contribution in [0, 0.1) is 0 Å². The van der Waals surface area contributed by atoms with E-state index in [0.29, 0.717) is 23.2 Å². The zero-order valence-electron chi connectivity index (χ0n) is 16.2. The Bertz CT molecular complexity index is 800. The van der Waals surface area contributed by atoms with Crippen molar-refractivity contribution in [2.24, 2.45) is 0 Å². The second-order valence-electron chi connectivity index (χ2n) is 7.75. The van der Waals surface area contributed by atoms with Gasteiger partial charge < -0.3 is 10.2 Å². The van der Waals surface area contributed by atoms with Crippen LogP contribution in [-0.4, -0.2) is 55.0 Å². The molecule has 2 aliphatic rings. The molecule has 4 rings (SSSR count). The molecule has 2 aromatic carbocycles. The number of amides is 1. The molecule has 0 radical (unpaired) electrons. The summed E-state index contributed by atoms with van der Waals surface area (Å²) in [6.07, 6.45) is 3.45. The standard InChI is InChI=1S/C23H28ClN3O/c24-20-9-6-19(7-10-20)23(28)25-12-3-13-26-14-16-27(17-15-26)22-11-8-18-4-1-2-5-21(18)22/h1-2,4-7,9-10,22H,3,8,11-17H2,(H,25,28). The first-order valence-electron chi connectivity index (χ1n) is 10.3. The smallest absolute Gasteiger partial charge is 0.251 e. The van der Waals surface area contributed by atoms with Crippen molar-refractivity contribution in [2.75, 3.05) is 39.3 Å². The van der Waals surface area contributed by atoms with Crippen LogP contribution in [0.1, 0.15) is 40.4 Å². The molecule has 1 aliphatic carbocycles. The molecule has 0 aromatic heterocycles. The van der Waals surface area contributed by atoms with Crippen molar-refractivity contribution < 1.29 is 4.79 Å². The summed E-state index contributed by atoms with van der Waals surface area (Å²) in [7, 11) is 0. The molecule has 1 unspecified atom stereocenters. The number of fused-ring (bicyclic) bond motifs is 1. The van der Waals surface area contributed by atoms with E-state index >= 15 is 0 Å². The molecule has 1 aliphatic heterocycles. The molecule has 2 aromatic rings. The predicted molar refractivity (Wildman–Crippen MR) is 114 cm³/mol. The van der Waals surface area contributed by atoms with E-state index in [1.807, 2.05) is 0 Å². The Balaban J connectivity index is 1.16.